The molecule has 0 spiro atoms. The number of hydrogen-bond acceptors (Lipinski definition) is 1. The summed E-state index contributed by atoms with van der Waals surface area (Å²) in [7, 11) is 0. The van der Waals surface area contributed by atoms with Crippen molar-refractivity contribution in [3.05, 3.63) is 35.4 Å². The Kier molecular flexibility index (Phi) is 3.80. The van der Waals surface area contributed by atoms with E-state index in [4.69, 9.17) is 0 Å². The van der Waals surface area contributed by atoms with Crippen molar-refractivity contribution >= 4 is 0 Å². The summed E-state index contributed by atoms with van der Waals surface area (Å²) in [6.07, 6.45) is 1.07. The third kappa shape index (κ3) is 2.99. The Labute approximate surface area is 88.7 Å². The predicted octanol–water partition coefficient (Wildman–Crippen LogP) is 2.92. The Morgan fingerprint density at radius 2 is 2.00 bits per heavy atom. The van der Waals surface area contributed by atoms with Gasteiger partial charge in [-0.1, -0.05) is 13.8 Å². The SMILES string of the molecule is CCC(C)(CO)Cc1cc(F)ccc1F. The highest BCUT2D eigenvalue weighted by Gasteiger charge is 2.23. The molecule has 0 fully saturated rings. The van der Waals surface area contributed by atoms with Crippen molar-refractivity contribution in [3.8, 4) is 0 Å². The summed E-state index contributed by atoms with van der Waals surface area (Å²) in [5.74, 6) is -0.854. The molecule has 0 aliphatic heterocycles. The average molecular weight is 214 g/mol. The standard InChI is InChI=1S/C12H16F2O/c1-3-12(2,8-15)7-9-6-10(13)4-5-11(9)14/h4-6,15H,3,7-8H2,1-2H3. The van der Waals surface area contributed by atoms with Gasteiger partial charge >= 0.3 is 0 Å². The van der Waals surface area contributed by atoms with Crippen molar-refractivity contribution in [1.82, 2.24) is 0 Å². The minimum Gasteiger partial charge on any atom is -0.396 e. The summed E-state index contributed by atoms with van der Waals surface area (Å²) >= 11 is 0. The third-order valence-electron chi connectivity index (χ3n) is 2.86. The first-order valence-corrected chi connectivity index (χ1v) is 5.05. The van der Waals surface area contributed by atoms with Crippen molar-refractivity contribution in [2.45, 2.75) is 26.7 Å². The lowest BCUT2D eigenvalue weighted by Gasteiger charge is -2.25. The van der Waals surface area contributed by atoms with E-state index in [-0.39, 0.29) is 12.0 Å². The zero-order valence-electron chi connectivity index (χ0n) is 9.06. The largest absolute Gasteiger partial charge is 0.396 e. The minimum absolute atomic E-state index is 0.0283. The molecule has 0 bridgehead atoms. The molecule has 84 valence electrons. The fourth-order valence-corrected chi connectivity index (χ4v) is 1.43. The van der Waals surface area contributed by atoms with Gasteiger partial charge in [-0.15, -0.1) is 0 Å². The first-order valence-electron chi connectivity index (χ1n) is 5.05. The number of halogens is 2. The Hall–Kier alpha value is -0.960. The lowest BCUT2D eigenvalue weighted by atomic mass is 9.82. The second-order valence-corrected chi connectivity index (χ2v) is 4.23. The second-order valence-electron chi connectivity index (χ2n) is 4.23. The number of benzene rings is 1. The summed E-state index contributed by atoms with van der Waals surface area (Å²) in [5, 5.41) is 9.19. The van der Waals surface area contributed by atoms with Crippen LogP contribution in [0.5, 0.6) is 0 Å². The van der Waals surface area contributed by atoms with Crippen LogP contribution in [0.25, 0.3) is 0 Å². The van der Waals surface area contributed by atoms with Crippen LogP contribution in [0.2, 0.25) is 0 Å². The molecule has 0 aliphatic rings. The molecule has 1 aromatic rings. The van der Waals surface area contributed by atoms with Crippen molar-refractivity contribution < 1.29 is 13.9 Å². The number of aliphatic hydroxyl groups excluding tert-OH is 1. The minimum atomic E-state index is -0.442. The van der Waals surface area contributed by atoms with Gasteiger partial charge < -0.3 is 5.11 Å². The highest BCUT2D eigenvalue weighted by Crippen LogP contribution is 2.27. The van der Waals surface area contributed by atoms with Gasteiger partial charge in [0.2, 0.25) is 0 Å². The van der Waals surface area contributed by atoms with Crippen LogP contribution in [-0.4, -0.2) is 11.7 Å². The Morgan fingerprint density at radius 3 is 2.53 bits per heavy atom. The van der Waals surface area contributed by atoms with Gasteiger partial charge in [0, 0.05) is 6.61 Å². The lowest BCUT2D eigenvalue weighted by Crippen LogP contribution is -2.23. The van der Waals surface area contributed by atoms with Crippen LogP contribution in [0.1, 0.15) is 25.8 Å². The van der Waals surface area contributed by atoms with Gasteiger partial charge in [0.1, 0.15) is 11.6 Å². The molecule has 1 atom stereocenters. The van der Waals surface area contributed by atoms with Gasteiger partial charge in [0.15, 0.2) is 0 Å². The molecular formula is C12H16F2O. The van der Waals surface area contributed by atoms with Gasteiger partial charge in [-0.05, 0) is 42.0 Å². The highest BCUT2D eigenvalue weighted by molar-refractivity contribution is 5.20. The Morgan fingerprint density at radius 1 is 1.33 bits per heavy atom. The van der Waals surface area contributed by atoms with Gasteiger partial charge in [0.05, 0.1) is 0 Å². The van der Waals surface area contributed by atoms with Crippen molar-refractivity contribution in [1.29, 1.82) is 0 Å². The molecule has 0 aromatic heterocycles. The molecular weight excluding hydrogens is 198 g/mol. The van der Waals surface area contributed by atoms with E-state index in [0.29, 0.717) is 12.0 Å². The normalized spacial score (nSPS) is 15.0. The maximum Gasteiger partial charge on any atom is 0.126 e. The van der Waals surface area contributed by atoms with Crippen LogP contribution in [0.15, 0.2) is 18.2 Å². The molecule has 0 amide bonds. The van der Waals surface area contributed by atoms with Gasteiger partial charge in [-0.3, -0.25) is 0 Å². The number of aliphatic hydroxyl groups is 1. The van der Waals surface area contributed by atoms with Gasteiger partial charge in [-0.2, -0.15) is 0 Å². The quantitative estimate of drug-likeness (QED) is 0.817. The van der Waals surface area contributed by atoms with E-state index < -0.39 is 11.6 Å². The molecule has 0 saturated heterocycles. The van der Waals surface area contributed by atoms with E-state index >= 15 is 0 Å². The van der Waals surface area contributed by atoms with Crippen molar-refractivity contribution in [2.24, 2.45) is 5.41 Å². The van der Waals surface area contributed by atoms with Gasteiger partial charge in [-0.25, -0.2) is 8.78 Å². The fourth-order valence-electron chi connectivity index (χ4n) is 1.43. The van der Waals surface area contributed by atoms with Crippen LogP contribution < -0.4 is 0 Å². The third-order valence-corrected chi connectivity index (χ3v) is 2.86. The van der Waals surface area contributed by atoms with E-state index in [1.807, 2.05) is 13.8 Å². The summed E-state index contributed by atoms with van der Waals surface area (Å²) in [5.41, 5.74) is -0.0531. The zero-order chi connectivity index (χ0) is 11.5. The smallest absolute Gasteiger partial charge is 0.126 e. The Bertz CT molecular complexity index is 332. The van der Waals surface area contributed by atoms with Crippen LogP contribution in [0.3, 0.4) is 0 Å². The van der Waals surface area contributed by atoms with Crippen LogP contribution in [0.4, 0.5) is 8.78 Å². The molecule has 15 heavy (non-hydrogen) atoms. The maximum atomic E-state index is 13.3. The molecule has 0 aliphatic carbocycles. The van der Waals surface area contributed by atoms with E-state index in [1.165, 1.54) is 6.07 Å². The molecule has 0 saturated carbocycles. The van der Waals surface area contributed by atoms with Crippen LogP contribution >= 0.6 is 0 Å². The predicted molar refractivity (Wildman–Crippen MR) is 55.5 cm³/mol. The second kappa shape index (κ2) is 4.71. The zero-order valence-corrected chi connectivity index (χ0v) is 9.06. The highest BCUT2D eigenvalue weighted by atomic mass is 19.1. The molecule has 1 N–H and O–H groups in total. The van der Waals surface area contributed by atoms with E-state index in [2.05, 4.69) is 0 Å². The summed E-state index contributed by atoms with van der Waals surface area (Å²) in [4.78, 5) is 0. The van der Waals surface area contributed by atoms with E-state index in [9.17, 15) is 13.9 Å². The fraction of sp³-hybridized carbons (Fsp3) is 0.500. The summed E-state index contributed by atoms with van der Waals surface area (Å²) in [6.45, 7) is 3.75. The molecule has 1 unspecified atom stereocenters. The molecule has 1 rings (SSSR count). The van der Waals surface area contributed by atoms with Crippen LogP contribution in [-0.2, 0) is 6.42 Å². The monoisotopic (exact) mass is 214 g/mol. The Balaban J connectivity index is 2.92. The lowest BCUT2D eigenvalue weighted by molar-refractivity contribution is 0.136. The molecule has 0 heterocycles. The summed E-state index contributed by atoms with van der Waals surface area (Å²) in [6, 6.07) is 3.41. The topological polar surface area (TPSA) is 20.2 Å². The molecule has 0 radical (unpaired) electrons. The first-order chi connectivity index (χ1) is 7.00. The molecule has 1 aromatic carbocycles. The molecule has 1 nitrogen and oxygen atoms in total. The number of hydrogen-bond donors (Lipinski definition) is 1. The average Bonchev–Trinajstić information content (AvgIpc) is 2.23. The van der Waals surface area contributed by atoms with Crippen LogP contribution in [0, 0.1) is 17.0 Å². The maximum absolute atomic E-state index is 13.3. The van der Waals surface area contributed by atoms with Crippen molar-refractivity contribution in [2.75, 3.05) is 6.61 Å². The van der Waals surface area contributed by atoms with Crippen molar-refractivity contribution in [3.63, 3.8) is 0 Å². The first kappa shape index (κ1) is 12.1. The van der Waals surface area contributed by atoms with E-state index in [0.717, 1.165) is 18.6 Å². The number of rotatable bonds is 4. The van der Waals surface area contributed by atoms with E-state index in [1.54, 1.807) is 0 Å². The van der Waals surface area contributed by atoms with Gasteiger partial charge in [0.25, 0.3) is 0 Å². The molecule has 3 heteroatoms. The summed E-state index contributed by atoms with van der Waals surface area (Å²) < 4.78 is 26.2.